The Morgan fingerprint density at radius 3 is 2.24 bits per heavy atom. The highest BCUT2D eigenvalue weighted by Crippen LogP contribution is 2.35. The molecule has 1 rings (SSSR count). The molecule has 0 aromatic heterocycles. The molecule has 0 aliphatic heterocycles. The molecule has 1 unspecified atom stereocenters. The van der Waals surface area contributed by atoms with Gasteiger partial charge in [0, 0.05) is 15.0 Å². The summed E-state index contributed by atoms with van der Waals surface area (Å²) < 4.78 is 2.35. The lowest BCUT2D eigenvalue weighted by Crippen LogP contribution is -2.23. The molecule has 1 atom stereocenters. The molecular weight excluding hydrogens is 342 g/mol. The standard InChI is InChI=1S/C14H21Br2N/c1-9-6-12(16)10(7-11(9)15)13(17-5)8-14(2,3)4/h6-7,13,17H,8H2,1-5H3. The van der Waals surface area contributed by atoms with Crippen molar-refractivity contribution in [3.05, 3.63) is 32.2 Å². The fourth-order valence-electron chi connectivity index (χ4n) is 1.91. The van der Waals surface area contributed by atoms with E-state index < -0.39 is 0 Å². The van der Waals surface area contributed by atoms with Crippen molar-refractivity contribution in [3.8, 4) is 0 Å². The maximum absolute atomic E-state index is 3.67. The summed E-state index contributed by atoms with van der Waals surface area (Å²) in [4.78, 5) is 0. The van der Waals surface area contributed by atoms with Gasteiger partial charge in [-0.3, -0.25) is 0 Å². The molecule has 0 heterocycles. The van der Waals surface area contributed by atoms with E-state index in [9.17, 15) is 0 Å². The highest BCUT2D eigenvalue weighted by molar-refractivity contribution is 9.11. The highest BCUT2D eigenvalue weighted by atomic mass is 79.9. The Kier molecular flexibility index (Phi) is 5.23. The van der Waals surface area contributed by atoms with Crippen LogP contribution in [0.25, 0.3) is 0 Å². The molecule has 96 valence electrons. The molecule has 0 aliphatic rings. The number of nitrogens with one attached hydrogen (secondary N) is 1. The summed E-state index contributed by atoms with van der Waals surface area (Å²) in [6, 6.07) is 4.76. The van der Waals surface area contributed by atoms with Gasteiger partial charge in [0.25, 0.3) is 0 Å². The van der Waals surface area contributed by atoms with E-state index in [0.717, 1.165) is 6.42 Å². The van der Waals surface area contributed by atoms with Crippen molar-refractivity contribution in [2.24, 2.45) is 5.41 Å². The van der Waals surface area contributed by atoms with Crippen molar-refractivity contribution in [2.75, 3.05) is 7.05 Å². The average Bonchev–Trinajstić information content (AvgIpc) is 2.19. The van der Waals surface area contributed by atoms with E-state index in [4.69, 9.17) is 0 Å². The van der Waals surface area contributed by atoms with Gasteiger partial charge in [-0.05, 0) is 49.1 Å². The number of halogens is 2. The SMILES string of the molecule is CNC(CC(C)(C)C)c1cc(Br)c(C)cc1Br. The first-order valence-electron chi connectivity index (χ1n) is 5.87. The largest absolute Gasteiger partial charge is 0.313 e. The Morgan fingerprint density at radius 1 is 1.18 bits per heavy atom. The van der Waals surface area contributed by atoms with E-state index in [2.05, 4.69) is 77.0 Å². The van der Waals surface area contributed by atoms with E-state index in [1.807, 2.05) is 7.05 Å². The highest BCUT2D eigenvalue weighted by Gasteiger charge is 2.21. The van der Waals surface area contributed by atoms with Crippen LogP contribution in [0.5, 0.6) is 0 Å². The lowest BCUT2D eigenvalue weighted by molar-refractivity contribution is 0.320. The van der Waals surface area contributed by atoms with Gasteiger partial charge >= 0.3 is 0 Å². The minimum atomic E-state index is 0.310. The Balaban J connectivity index is 3.08. The van der Waals surface area contributed by atoms with E-state index in [1.165, 1.54) is 20.1 Å². The predicted molar refractivity (Wildman–Crippen MR) is 82.5 cm³/mol. The molecule has 0 amide bonds. The zero-order valence-corrected chi connectivity index (χ0v) is 14.4. The second-order valence-corrected chi connectivity index (χ2v) is 7.44. The zero-order valence-electron chi connectivity index (χ0n) is 11.2. The molecule has 0 aliphatic carbocycles. The summed E-state index contributed by atoms with van der Waals surface area (Å²) in [5.74, 6) is 0. The Labute approximate surface area is 122 Å². The van der Waals surface area contributed by atoms with E-state index in [1.54, 1.807) is 0 Å². The average molecular weight is 363 g/mol. The second-order valence-electron chi connectivity index (χ2n) is 5.73. The molecule has 1 nitrogen and oxygen atoms in total. The van der Waals surface area contributed by atoms with Crippen LogP contribution in [-0.2, 0) is 0 Å². The maximum Gasteiger partial charge on any atom is 0.0334 e. The van der Waals surface area contributed by atoms with E-state index in [-0.39, 0.29) is 0 Å². The Bertz CT molecular complexity index is 394. The van der Waals surface area contributed by atoms with Crippen LogP contribution in [0.1, 0.15) is 44.4 Å². The fourth-order valence-corrected chi connectivity index (χ4v) is 3.00. The van der Waals surface area contributed by atoms with Crippen LogP contribution in [0.3, 0.4) is 0 Å². The maximum atomic E-state index is 3.67. The van der Waals surface area contributed by atoms with Crippen LogP contribution in [0.4, 0.5) is 0 Å². The molecule has 0 bridgehead atoms. The third-order valence-corrected chi connectivity index (χ3v) is 4.36. The number of hydrogen-bond donors (Lipinski definition) is 1. The van der Waals surface area contributed by atoms with Crippen LogP contribution in [0.15, 0.2) is 21.1 Å². The molecule has 1 N–H and O–H groups in total. The lowest BCUT2D eigenvalue weighted by atomic mass is 9.85. The molecule has 1 aromatic carbocycles. The first kappa shape index (κ1) is 15.2. The lowest BCUT2D eigenvalue weighted by Gasteiger charge is -2.27. The van der Waals surface area contributed by atoms with Crippen LogP contribution >= 0.6 is 31.9 Å². The second kappa shape index (κ2) is 5.85. The Morgan fingerprint density at radius 2 is 1.76 bits per heavy atom. The first-order chi connectivity index (χ1) is 7.74. The number of rotatable bonds is 3. The van der Waals surface area contributed by atoms with Crippen molar-refractivity contribution in [3.63, 3.8) is 0 Å². The minimum Gasteiger partial charge on any atom is -0.313 e. The van der Waals surface area contributed by atoms with Gasteiger partial charge in [-0.1, -0.05) is 52.6 Å². The topological polar surface area (TPSA) is 12.0 Å². The summed E-state index contributed by atoms with van der Waals surface area (Å²) in [5.41, 5.74) is 2.89. The van der Waals surface area contributed by atoms with Crippen LogP contribution in [0, 0.1) is 12.3 Å². The first-order valence-corrected chi connectivity index (χ1v) is 7.46. The van der Waals surface area contributed by atoms with Gasteiger partial charge in [-0.25, -0.2) is 0 Å². The van der Waals surface area contributed by atoms with Crippen molar-refractivity contribution < 1.29 is 0 Å². The van der Waals surface area contributed by atoms with Crippen molar-refractivity contribution >= 4 is 31.9 Å². The van der Waals surface area contributed by atoms with Gasteiger partial charge in [0.2, 0.25) is 0 Å². The summed E-state index contributed by atoms with van der Waals surface area (Å²) in [5, 5.41) is 3.41. The molecule has 0 saturated carbocycles. The molecule has 17 heavy (non-hydrogen) atoms. The van der Waals surface area contributed by atoms with Crippen LogP contribution in [-0.4, -0.2) is 7.05 Å². The zero-order chi connectivity index (χ0) is 13.2. The molecule has 0 spiro atoms. The monoisotopic (exact) mass is 361 g/mol. The van der Waals surface area contributed by atoms with Gasteiger partial charge < -0.3 is 5.32 Å². The van der Waals surface area contributed by atoms with Crippen molar-refractivity contribution in [1.82, 2.24) is 5.32 Å². The molecule has 3 heteroatoms. The minimum absolute atomic E-state index is 0.310. The Hall–Kier alpha value is 0.140. The van der Waals surface area contributed by atoms with Crippen molar-refractivity contribution in [1.29, 1.82) is 0 Å². The third kappa shape index (κ3) is 4.38. The normalized spacial score (nSPS) is 13.8. The molecule has 1 aromatic rings. The van der Waals surface area contributed by atoms with Gasteiger partial charge in [-0.2, -0.15) is 0 Å². The van der Waals surface area contributed by atoms with Gasteiger partial charge in [0.15, 0.2) is 0 Å². The molecular formula is C14H21Br2N. The van der Waals surface area contributed by atoms with Gasteiger partial charge in [-0.15, -0.1) is 0 Å². The predicted octanol–water partition coefficient (Wildman–Crippen LogP) is 5.22. The third-order valence-electron chi connectivity index (χ3n) is 2.82. The summed E-state index contributed by atoms with van der Waals surface area (Å²) in [6.45, 7) is 8.92. The van der Waals surface area contributed by atoms with Crippen molar-refractivity contribution in [2.45, 2.75) is 40.2 Å². The quantitative estimate of drug-likeness (QED) is 0.777. The summed E-state index contributed by atoms with van der Waals surface area (Å²) in [6.07, 6.45) is 1.11. The fraction of sp³-hybridized carbons (Fsp3) is 0.571. The molecule has 0 radical (unpaired) electrons. The number of hydrogen-bond acceptors (Lipinski definition) is 1. The number of aryl methyl sites for hydroxylation is 1. The molecule has 0 fully saturated rings. The van der Waals surface area contributed by atoms with E-state index >= 15 is 0 Å². The molecule has 0 saturated heterocycles. The number of benzene rings is 1. The van der Waals surface area contributed by atoms with Gasteiger partial charge in [0.05, 0.1) is 0 Å². The summed E-state index contributed by atoms with van der Waals surface area (Å²) in [7, 11) is 2.02. The van der Waals surface area contributed by atoms with Crippen LogP contribution in [0.2, 0.25) is 0 Å². The van der Waals surface area contributed by atoms with Crippen LogP contribution < -0.4 is 5.32 Å². The van der Waals surface area contributed by atoms with Gasteiger partial charge in [0.1, 0.15) is 0 Å². The van der Waals surface area contributed by atoms with E-state index in [0.29, 0.717) is 11.5 Å². The summed E-state index contributed by atoms with van der Waals surface area (Å²) >= 11 is 7.28. The smallest absolute Gasteiger partial charge is 0.0334 e.